The highest BCUT2D eigenvalue weighted by atomic mass is 32.2. The van der Waals surface area contributed by atoms with Gasteiger partial charge in [0.1, 0.15) is 5.00 Å². The predicted molar refractivity (Wildman–Crippen MR) is 153 cm³/mol. The number of nitrogens with one attached hydrogen (secondary N) is 2. The van der Waals surface area contributed by atoms with Crippen LogP contribution in [0.2, 0.25) is 0 Å². The van der Waals surface area contributed by atoms with Gasteiger partial charge in [-0.25, -0.2) is 9.59 Å². The average molecular weight is 567 g/mol. The molecular formula is C29H30N2O6S2. The maximum absolute atomic E-state index is 13.3. The molecule has 204 valence electrons. The van der Waals surface area contributed by atoms with Crippen LogP contribution in [0, 0.1) is 5.92 Å². The van der Waals surface area contributed by atoms with Crippen molar-refractivity contribution in [2.45, 2.75) is 49.7 Å². The number of thiophene rings is 1. The summed E-state index contributed by atoms with van der Waals surface area (Å²) >= 11 is 2.80. The zero-order valence-electron chi connectivity index (χ0n) is 21.9. The number of carbonyl (C=O) groups excluding carboxylic acids is 3. The van der Waals surface area contributed by atoms with Crippen molar-refractivity contribution in [3.05, 3.63) is 75.7 Å². The molecule has 8 nitrogen and oxygen atoms in total. The number of aromatic carboxylic acids is 1. The largest absolute Gasteiger partial charge is 0.478 e. The van der Waals surface area contributed by atoms with Gasteiger partial charge in [-0.1, -0.05) is 32.0 Å². The van der Waals surface area contributed by atoms with Crippen LogP contribution in [0.1, 0.15) is 68.2 Å². The maximum Gasteiger partial charge on any atom is 0.341 e. The number of carboxylic acid groups (broad SMARTS) is 1. The second-order valence-corrected chi connectivity index (χ2v) is 11.8. The second-order valence-electron chi connectivity index (χ2n) is 9.38. The molecular weight excluding hydrogens is 536 g/mol. The Hall–Kier alpha value is -3.63. The molecule has 1 aromatic heterocycles. The molecule has 2 amide bonds. The first-order valence-corrected chi connectivity index (χ1v) is 14.4. The smallest absolute Gasteiger partial charge is 0.341 e. The highest BCUT2D eigenvalue weighted by Crippen LogP contribution is 2.40. The zero-order valence-corrected chi connectivity index (χ0v) is 23.5. The van der Waals surface area contributed by atoms with Crippen LogP contribution >= 0.6 is 23.1 Å². The first kappa shape index (κ1) is 28.4. The molecule has 39 heavy (non-hydrogen) atoms. The van der Waals surface area contributed by atoms with Crippen LogP contribution in [0.5, 0.6) is 0 Å². The normalized spacial score (nSPS) is 15.1. The number of ether oxygens (including phenoxy) is 1. The Morgan fingerprint density at radius 1 is 1.10 bits per heavy atom. The van der Waals surface area contributed by atoms with Gasteiger partial charge in [0.25, 0.3) is 5.91 Å². The van der Waals surface area contributed by atoms with E-state index < -0.39 is 23.1 Å². The Bertz CT molecular complexity index is 1420. The first-order valence-electron chi connectivity index (χ1n) is 12.7. The van der Waals surface area contributed by atoms with Crippen LogP contribution < -0.4 is 10.6 Å². The SMILES string of the molecule is CCC(Sc1cccc(NC(=O)c2ccccc2C(=O)O)c1)C(=O)Nc1sc2c(c1C(=O)OC)CCC(C)C2. The highest BCUT2D eigenvalue weighted by Gasteiger charge is 2.30. The van der Waals surface area contributed by atoms with Gasteiger partial charge in [-0.2, -0.15) is 0 Å². The van der Waals surface area contributed by atoms with Crippen LogP contribution in [0.25, 0.3) is 0 Å². The summed E-state index contributed by atoms with van der Waals surface area (Å²) in [7, 11) is 1.35. The average Bonchev–Trinajstić information content (AvgIpc) is 3.27. The minimum Gasteiger partial charge on any atom is -0.478 e. The fourth-order valence-electron chi connectivity index (χ4n) is 4.55. The van der Waals surface area contributed by atoms with Crippen molar-refractivity contribution in [1.29, 1.82) is 0 Å². The Kier molecular flexibility index (Phi) is 9.08. The van der Waals surface area contributed by atoms with E-state index in [0.29, 0.717) is 28.6 Å². The van der Waals surface area contributed by atoms with Crippen LogP contribution in [0.3, 0.4) is 0 Å². The van der Waals surface area contributed by atoms with E-state index in [4.69, 9.17) is 4.74 Å². The van der Waals surface area contributed by atoms with Gasteiger partial charge in [-0.15, -0.1) is 23.1 Å². The van der Waals surface area contributed by atoms with Crippen molar-refractivity contribution in [3.63, 3.8) is 0 Å². The molecule has 0 aliphatic heterocycles. The number of anilines is 2. The molecule has 3 N–H and O–H groups in total. The highest BCUT2D eigenvalue weighted by molar-refractivity contribution is 8.00. The fraction of sp³-hybridized carbons (Fsp3) is 0.310. The summed E-state index contributed by atoms with van der Waals surface area (Å²) in [5.41, 5.74) is 1.90. The standard InChI is InChI=1S/C29H30N2O6S2/c1-4-22(26(33)31-27-24(29(36)37-3)21-13-12-16(2)14-23(21)39-27)38-18-9-7-8-17(15-18)30-25(32)19-10-5-6-11-20(19)28(34)35/h5-11,15-16,22H,4,12-14H2,1-3H3,(H,30,32)(H,31,33)(H,34,35). The predicted octanol–water partition coefficient (Wildman–Crippen LogP) is 6.12. The molecule has 0 spiro atoms. The molecule has 1 heterocycles. The van der Waals surface area contributed by atoms with Crippen LogP contribution in [0.4, 0.5) is 10.7 Å². The van der Waals surface area contributed by atoms with Crippen molar-refractivity contribution in [2.75, 3.05) is 17.7 Å². The zero-order chi connectivity index (χ0) is 28.1. The monoisotopic (exact) mass is 566 g/mol. The number of thioether (sulfide) groups is 1. The van der Waals surface area contributed by atoms with Crippen molar-refractivity contribution in [3.8, 4) is 0 Å². The topological polar surface area (TPSA) is 122 Å². The van der Waals surface area contributed by atoms with Crippen molar-refractivity contribution < 1.29 is 29.0 Å². The second kappa shape index (κ2) is 12.5. The van der Waals surface area contributed by atoms with Gasteiger partial charge in [0.05, 0.1) is 29.1 Å². The van der Waals surface area contributed by atoms with Gasteiger partial charge in [0, 0.05) is 15.5 Å². The fourth-order valence-corrected chi connectivity index (χ4v) is 6.96. The summed E-state index contributed by atoms with van der Waals surface area (Å²) in [6.45, 7) is 4.10. The van der Waals surface area contributed by atoms with Crippen LogP contribution in [0.15, 0.2) is 53.4 Å². The lowest BCUT2D eigenvalue weighted by Gasteiger charge is -2.18. The molecule has 1 aliphatic carbocycles. The lowest BCUT2D eigenvalue weighted by Crippen LogP contribution is -2.25. The molecule has 0 bridgehead atoms. The summed E-state index contributed by atoms with van der Waals surface area (Å²) in [5.74, 6) is -1.85. The third-order valence-corrected chi connectivity index (χ3v) is 9.10. The molecule has 2 aromatic carbocycles. The van der Waals surface area contributed by atoms with E-state index in [9.17, 15) is 24.3 Å². The number of rotatable bonds is 9. The minimum atomic E-state index is -1.18. The molecule has 0 radical (unpaired) electrons. The Balaban J connectivity index is 1.49. The number of benzene rings is 2. The van der Waals surface area contributed by atoms with Crippen molar-refractivity contribution in [1.82, 2.24) is 0 Å². The number of methoxy groups -OCH3 is 1. The molecule has 3 aromatic rings. The Morgan fingerprint density at radius 2 is 1.85 bits per heavy atom. The third-order valence-electron chi connectivity index (χ3n) is 6.57. The van der Waals surface area contributed by atoms with Crippen LogP contribution in [-0.2, 0) is 22.4 Å². The van der Waals surface area contributed by atoms with E-state index in [2.05, 4.69) is 17.6 Å². The van der Waals surface area contributed by atoms with Crippen molar-refractivity contribution in [2.24, 2.45) is 5.92 Å². The molecule has 2 atom stereocenters. The van der Waals surface area contributed by atoms with Gasteiger partial charge < -0.3 is 20.5 Å². The lowest BCUT2D eigenvalue weighted by molar-refractivity contribution is -0.115. The van der Waals surface area contributed by atoms with E-state index in [1.54, 1.807) is 30.3 Å². The van der Waals surface area contributed by atoms with E-state index in [-0.39, 0.29) is 17.0 Å². The molecule has 10 heteroatoms. The molecule has 4 rings (SSSR count). The number of hydrogen-bond acceptors (Lipinski definition) is 7. The van der Waals surface area contributed by atoms with E-state index in [0.717, 1.165) is 34.6 Å². The number of amides is 2. The lowest BCUT2D eigenvalue weighted by atomic mass is 9.88. The summed E-state index contributed by atoms with van der Waals surface area (Å²) < 4.78 is 5.03. The number of carboxylic acids is 1. The van der Waals surface area contributed by atoms with Gasteiger partial charge in [-0.3, -0.25) is 9.59 Å². The molecule has 0 saturated carbocycles. The van der Waals surface area contributed by atoms with Gasteiger partial charge in [0.2, 0.25) is 5.91 Å². The first-order chi connectivity index (χ1) is 18.7. The third kappa shape index (κ3) is 6.51. The number of carbonyl (C=O) groups is 4. The Labute approximate surface area is 235 Å². The summed E-state index contributed by atoms with van der Waals surface area (Å²) in [5, 5.41) is 15.2. The molecule has 0 saturated heterocycles. The molecule has 2 unspecified atom stereocenters. The van der Waals surface area contributed by atoms with Gasteiger partial charge in [0.15, 0.2) is 0 Å². The summed E-state index contributed by atoms with van der Waals surface area (Å²) in [6, 6.07) is 13.0. The maximum atomic E-state index is 13.3. The van der Waals surface area contributed by atoms with E-state index >= 15 is 0 Å². The quantitative estimate of drug-likeness (QED) is 0.211. The number of esters is 1. The number of hydrogen-bond donors (Lipinski definition) is 3. The van der Waals surface area contributed by atoms with Crippen molar-refractivity contribution >= 4 is 57.5 Å². The number of fused-ring (bicyclic) bond motifs is 1. The van der Waals surface area contributed by atoms with E-state index in [1.807, 2.05) is 13.0 Å². The van der Waals surface area contributed by atoms with E-state index in [1.165, 1.54) is 42.3 Å². The van der Waals surface area contributed by atoms with Gasteiger partial charge in [-0.05, 0) is 67.5 Å². The molecule has 0 fully saturated rings. The summed E-state index contributed by atoms with van der Waals surface area (Å²) in [4.78, 5) is 52.1. The molecule has 1 aliphatic rings. The Morgan fingerprint density at radius 3 is 2.54 bits per heavy atom. The summed E-state index contributed by atoms with van der Waals surface area (Å²) in [6.07, 6.45) is 3.19. The van der Waals surface area contributed by atoms with Gasteiger partial charge >= 0.3 is 11.9 Å². The van der Waals surface area contributed by atoms with Crippen LogP contribution in [-0.4, -0.2) is 41.2 Å². The minimum absolute atomic E-state index is 0.0586.